The number of benzene rings is 1. The van der Waals surface area contributed by atoms with Crippen LogP contribution in [0.4, 0.5) is 5.69 Å². The summed E-state index contributed by atoms with van der Waals surface area (Å²) in [5.74, 6) is 0.333. The van der Waals surface area contributed by atoms with Crippen LogP contribution in [0.25, 0.3) is 0 Å². The second-order valence-corrected chi connectivity index (χ2v) is 9.44. The summed E-state index contributed by atoms with van der Waals surface area (Å²) in [5, 5.41) is 6.77. The van der Waals surface area contributed by atoms with E-state index in [4.69, 9.17) is 4.52 Å². The van der Waals surface area contributed by atoms with Gasteiger partial charge in [0.25, 0.3) is 0 Å². The smallest absolute Gasteiger partial charge is 0.248 e. The molecule has 1 aromatic heterocycles. The van der Waals surface area contributed by atoms with Crippen LogP contribution in [0.3, 0.4) is 0 Å². The number of nitrogens with zero attached hydrogens (tertiary/aromatic N) is 2. The summed E-state index contributed by atoms with van der Waals surface area (Å²) in [5.41, 5.74) is 2.28. The van der Waals surface area contributed by atoms with E-state index in [1.807, 2.05) is 24.3 Å². The second-order valence-electron chi connectivity index (χ2n) is 7.56. The highest BCUT2D eigenvalue weighted by molar-refractivity contribution is 7.89. The number of nitrogens with one attached hydrogen (secondary N) is 1. The van der Waals surface area contributed by atoms with E-state index in [0.29, 0.717) is 43.3 Å². The largest absolute Gasteiger partial charge is 0.360 e. The minimum Gasteiger partial charge on any atom is -0.360 e. The normalized spacial score (nSPS) is 16.5. The maximum atomic E-state index is 12.9. The summed E-state index contributed by atoms with van der Waals surface area (Å²) in [7, 11) is -3.66. The molecule has 1 fully saturated rings. The number of rotatable bonds is 5. The molecular formula is C20H27N3O4S. The Labute approximate surface area is 166 Å². The van der Waals surface area contributed by atoms with E-state index < -0.39 is 10.0 Å². The highest BCUT2D eigenvalue weighted by Gasteiger charge is 2.35. The molecule has 1 aliphatic heterocycles. The molecule has 28 heavy (non-hydrogen) atoms. The van der Waals surface area contributed by atoms with Crippen LogP contribution in [0.1, 0.15) is 49.6 Å². The first-order chi connectivity index (χ1) is 13.2. The van der Waals surface area contributed by atoms with E-state index in [-0.39, 0.29) is 16.7 Å². The number of piperidine rings is 1. The fourth-order valence-corrected chi connectivity index (χ4v) is 5.44. The first kappa shape index (κ1) is 20.5. The lowest BCUT2D eigenvalue weighted by Gasteiger charge is -2.30. The monoisotopic (exact) mass is 405 g/mol. The van der Waals surface area contributed by atoms with Gasteiger partial charge >= 0.3 is 0 Å². The van der Waals surface area contributed by atoms with Crippen molar-refractivity contribution in [1.29, 1.82) is 0 Å². The van der Waals surface area contributed by atoms with E-state index in [2.05, 4.69) is 24.3 Å². The number of carbonyl (C=O) groups excluding carboxylic acids is 1. The zero-order valence-electron chi connectivity index (χ0n) is 16.7. The predicted molar refractivity (Wildman–Crippen MR) is 107 cm³/mol. The molecule has 3 rings (SSSR count). The molecule has 7 nitrogen and oxygen atoms in total. The molecular weight excluding hydrogens is 378 g/mol. The van der Waals surface area contributed by atoms with Crippen molar-refractivity contribution < 1.29 is 17.7 Å². The van der Waals surface area contributed by atoms with Crippen LogP contribution in [-0.4, -0.2) is 36.9 Å². The number of hydrogen-bond acceptors (Lipinski definition) is 5. The molecule has 1 saturated heterocycles. The third-order valence-electron chi connectivity index (χ3n) is 5.23. The molecule has 0 aliphatic carbocycles. The molecule has 2 aromatic rings. The van der Waals surface area contributed by atoms with Gasteiger partial charge in [-0.3, -0.25) is 4.79 Å². The van der Waals surface area contributed by atoms with Gasteiger partial charge in [-0.15, -0.1) is 0 Å². The lowest BCUT2D eigenvalue weighted by molar-refractivity contribution is -0.120. The second kappa shape index (κ2) is 8.05. The number of sulfonamides is 1. The molecule has 0 radical (unpaired) electrons. The van der Waals surface area contributed by atoms with E-state index in [9.17, 15) is 13.2 Å². The van der Waals surface area contributed by atoms with Crippen molar-refractivity contribution in [1.82, 2.24) is 9.46 Å². The Bertz CT molecular complexity index is 938. The van der Waals surface area contributed by atoms with Gasteiger partial charge in [0.05, 0.1) is 0 Å². The Morgan fingerprint density at radius 3 is 2.43 bits per heavy atom. The highest BCUT2D eigenvalue weighted by atomic mass is 32.2. The lowest BCUT2D eigenvalue weighted by Crippen LogP contribution is -2.41. The lowest BCUT2D eigenvalue weighted by atomic mass is 9.96. The van der Waals surface area contributed by atoms with Gasteiger partial charge in [0, 0.05) is 24.7 Å². The first-order valence-electron chi connectivity index (χ1n) is 9.54. The first-order valence-corrected chi connectivity index (χ1v) is 11.0. The molecule has 1 aliphatic rings. The predicted octanol–water partition coefficient (Wildman–Crippen LogP) is 3.45. The zero-order valence-corrected chi connectivity index (χ0v) is 17.5. The number of anilines is 1. The maximum absolute atomic E-state index is 12.9. The van der Waals surface area contributed by atoms with Crippen LogP contribution >= 0.6 is 0 Å². The van der Waals surface area contributed by atoms with Gasteiger partial charge in [0.2, 0.25) is 15.9 Å². The Morgan fingerprint density at radius 1 is 1.21 bits per heavy atom. The third kappa shape index (κ3) is 3.98. The Hall–Kier alpha value is -2.19. The topological polar surface area (TPSA) is 92.5 Å². The minimum absolute atomic E-state index is 0.0533. The van der Waals surface area contributed by atoms with Gasteiger partial charge in [0.15, 0.2) is 5.76 Å². The van der Waals surface area contributed by atoms with Crippen molar-refractivity contribution >= 4 is 21.6 Å². The Morgan fingerprint density at radius 2 is 1.86 bits per heavy atom. The molecule has 152 valence electrons. The summed E-state index contributed by atoms with van der Waals surface area (Å²) in [4.78, 5) is 12.9. The van der Waals surface area contributed by atoms with Crippen LogP contribution in [-0.2, 0) is 14.8 Å². The average Bonchev–Trinajstić information content (AvgIpc) is 3.01. The molecule has 0 bridgehead atoms. The molecule has 1 aromatic carbocycles. The Kier molecular flexibility index (Phi) is 5.90. The van der Waals surface area contributed by atoms with E-state index in [1.54, 1.807) is 13.8 Å². The summed E-state index contributed by atoms with van der Waals surface area (Å²) in [6, 6.07) is 7.78. The van der Waals surface area contributed by atoms with Gasteiger partial charge in [0.1, 0.15) is 10.6 Å². The van der Waals surface area contributed by atoms with Gasteiger partial charge in [-0.25, -0.2) is 8.42 Å². The van der Waals surface area contributed by atoms with Crippen LogP contribution in [0, 0.1) is 19.8 Å². The van der Waals surface area contributed by atoms with Gasteiger partial charge in [-0.2, -0.15) is 4.31 Å². The van der Waals surface area contributed by atoms with Gasteiger partial charge < -0.3 is 9.84 Å². The molecule has 0 spiro atoms. The highest BCUT2D eigenvalue weighted by Crippen LogP contribution is 2.29. The molecule has 2 heterocycles. The molecule has 0 saturated carbocycles. The molecule has 1 amide bonds. The summed E-state index contributed by atoms with van der Waals surface area (Å²) >= 11 is 0. The van der Waals surface area contributed by atoms with Crippen molar-refractivity contribution in [2.24, 2.45) is 5.92 Å². The number of aryl methyl sites for hydroxylation is 2. The minimum atomic E-state index is -3.66. The quantitative estimate of drug-likeness (QED) is 0.822. The van der Waals surface area contributed by atoms with Crippen molar-refractivity contribution in [3.63, 3.8) is 0 Å². The van der Waals surface area contributed by atoms with Crippen molar-refractivity contribution in [2.45, 2.75) is 51.3 Å². The summed E-state index contributed by atoms with van der Waals surface area (Å²) in [6.07, 6.45) is 0.969. The molecule has 0 unspecified atom stereocenters. The number of hydrogen-bond donors (Lipinski definition) is 1. The van der Waals surface area contributed by atoms with Crippen molar-refractivity contribution in [3.8, 4) is 0 Å². The Balaban J connectivity index is 1.67. The van der Waals surface area contributed by atoms with Gasteiger partial charge in [-0.1, -0.05) is 37.2 Å². The zero-order chi connectivity index (χ0) is 20.5. The standard InChI is InChI=1S/C20H27N3O4S/c1-13(2)17-7-5-6-8-18(17)21-20(24)16-9-11-23(12-10-16)28(25,26)19-14(3)22-27-15(19)4/h5-8,13,16H,9-12H2,1-4H3,(H,21,24). The van der Waals surface area contributed by atoms with Crippen LogP contribution in [0.5, 0.6) is 0 Å². The summed E-state index contributed by atoms with van der Waals surface area (Å²) in [6.45, 7) is 7.99. The third-order valence-corrected chi connectivity index (χ3v) is 7.37. The SMILES string of the molecule is Cc1noc(C)c1S(=O)(=O)N1CCC(C(=O)Nc2ccccc2C(C)C)CC1. The van der Waals surface area contributed by atoms with Crippen molar-refractivity contribution in [3.05, 3.63) is 41.3 Å². The fraction of sp³-hybridized carbons (Fsp3) is 0.500. The average molecular weight is 406 g/mol. The maximum Gasteiger partial charge on any atom is 0.248 e. The molecule has 1 N–H and O–H groups in total. The fourth-order valence-electron chi connectivity index (χ4n) is 3.68. The number of aromatic nitrogens is 1. The van der Waals surface area contributed by atoms with Crippen LogP contribution in [0.15, 0.2) is 33.7 Å². The van der Waals surface area contributed by atoms with E-state index in [1.165, 1.54) is 4.31 Å². The van der Waals surface area contributed by atoms with E-state index >= 15 is 0 Å². The molecule has 0 atom stereocenters. The number of carbonyl (C=O) groups is 1. The van der Waals surface area contributed by atoms with Crippen LogP contribution in [0.2, 0.25) is 0 Å². The van der Waals surface area contributed by atoms with E-state index in [0.717, 1.165) is 11.3 Å². The number of amides is 1. The number of para-hydroxylation sites is 1. The van der Waals surface area contributed by atoms with Crippen molar-refractivity contribution in [2.75, 3.05) is 18.4 Å². The molecule has 8 heteroatoms. The van der Waals surface area contributed by atoms with Gasteiger partial charge in [-0.05, 0) is 44.2 Å². The van der Waals surface area contributed by atoms with Crippen LogP contribution < -0.4 is 5.32 Å². The summed E-state index contributed by atoms with van der Waals surface area (Å²) < 4.78 is 32.2.